The van der Waals surface area contributed by atoms with E-state index in [9.17, 15) is 19.0 Å². The first-order chi connectivity index (χ1) is 47.0. The average Bonchev–Trinajstić information content (AvgIpc) is 2.54. The fraction of sp³-hybridized carbons (Fsp3) is 0.884. The molecule has 2 atom stereocenters. The Morgan fingerprint density at radius 3 is 0.844 bits per heavy atom. The summed E-state index contributed by atoms with van der Waals surface area (Å²) in [6.45, 7) is 4.31. The Kier molecular flexibility index (Phi) is 75.5. The molecule has 0 aliphatic heterocycles. The summed E-state index contributed by atoms with van der Waals surface area (Å²) >= 11 is 0. The highest BCUT2D eigenvalue weighted by molar-refractivity contribution is 7.45. The Labute approximate surface area is 598 Å². The molecule has 96 heavy (non-hydrogen) atoms. The number of phosphoric acid groups is 1. The highest BCUT2D eigenvalue weighted by Gasteiger charge is 2.22. The van der Waals surface area contributed by atoms with Crippen molar-refractivity contribution < 1.29 is 42.1 Å². The van der Waals surface area contributed by atoms with Crippen LogP contribution in [0.5, 0.6) is 0 Å². The molecule has 0 rings (SSSR count). The predicted molar refractivity (Wildman–Crippen MR) is 416 cm³/mol. The number of carbonyl (C=O) groups is 2. The third-order valence-corrected chi connectivity index (χ3v) is 20.3. The van der Waals surface area contributed by atoms with Crippen LogP contribution in [0.3, 0.4) is 0 Å². The van der Waals surface area contributed by atoms with Crippen molar-refractivity contribution in [2.75, 3.05) is 47.5 Å². The number of nitrogens with zero attached hydrogens (tertiary/aromatic N) is 1. The van der Waals surface area contributed by atoms with Crippen molar-refractivity contribution in [3.8, 4) is 0 Å². The van der Waals surface area contributed by atoms with Crippen molar-refractivity contribution in [1.29, 1.82) is 0 Å². The van der Waals surface area contributed by atoms with Gasteiger partial charge >= 0.3 is 11.9 Å². The van der Waals surface area contributed by atoms with Gasteiger partial charge in [0.15, 0.2) is 6.10 Å². The number of carbonyl (C=O) groups excluding carboxylic acids is 2. The van der Waals surface area contributed by atoms with Gasteiger partial charge in [-0.05, 0) is 77.0 Å². The number of rotatable bonds is 80. The van der Waals surface area contributed by atoms with E-state index in [1.165, 1.54) is 360 Å². The van der Waals surface area contributed by atoms with E-state index in [1.54, 1.807) is 0 Å². The topological polar surface area (TPSA) is 111 Å². The largest absolute Gasteiger partial charge is 0.756 e. The maximum atomic E-state index is 12.9. The van der Waals surface area contributed by atoms with Gasteiger partial charge in [-0.3, -0.25) is 14.2 Å². The molecule has 0 aromatic rings. The average molecular weight is 1370 g/mol. The Balaban J connectivity index is 3.87. The first-order valence-electron chi connectivity index (χ1n) is 42.3. The van der Waals surface area contributed by atoms with Crippen LogP contribution in [-0.2, 0) is 32.7 Å². The standard InChI is InChI=1S/C86H164NO8P/c1-6-8-10-12-14-16-18-20-22-24-26-28-30-32-34-36-38-39-40-41-42-43-44-45-46-47-49-51-53-55-57-59-61-63-65-67-69-71-73-75-77-79-86(89)95-84(83-94-96(90,91)93-81-80-87(3,4)5)82-92-85(88)78-76-74-72-70-68-66-64-62-60-58-56-54-52-50-48-37-35-33-31-29-27-25-23-21-19-17-15-13-11-9-7-2/h18,20,24-27,30,32,84H,6-17,19,21-23,28-29,31,33-83H2,1-5H3/b20-18-,26-24-,27-25-,32-30-. The van der Waals surface area contributed by atoms with Crippen LogP contribution in [0.25, 0.3) is 0 Å². The third kappa shape index (κ3) is 80.9. The lowest BCUT2D eigenvalue weighted by Crippen LogP contribution is -2.37. The summed E-state index contributed by atoms with van der Waals surface area (Å²) in [6.07, 6.45) is 103. The summed E-state index contributed by atoms with van der Waals surface area (Å²) in [6, 6.07) is 0. The fourth-order valence-electron chi connectivity index (χ4n) is 12.8. The fourth-order valence-corrected chi connectivity index (χ4v) is 13.6. The minimum absolute atomic E-state index is 0.0274. The summed E-state index contributed by atoms with van der Waals surface area (Å²) < 4.78 is 34.5. The van der Waals surface area contributed by atoms with E-state index >= 15 is 0 Å². The van der Waals surface area contributed by atoms with Gasteiger partial charge in [-0.2, -0.15) is 0 Å². The zero-order chi connectivity index (χ0) is 69.7. The second kappa shape index (κ2) is 77.1. The molecule has 0 bridgehead atoms. The molecule has 0 fully saturated rings. The molecule has 9 nitrogen and oxygen atoms in total. The van der Waals surface area contributed by atoms with Crippen LogP contribution in [-0.4, -0.2) is 70.0 Å². The summed E-state index contributed by atoms with van der Waals surface area (Å²) in [7, 11) is 1.19. The van der Waals surface area contributed by atoms with Crippen molar-refractivity contribution in [3.63, 3.8) is 0 Å². The van der Waals surface area contributed by atoms with Gasteiger partial charge in [0.1, 0.15) is 19.8 Å². The van der Waals surface area contributed by atoms with E-state index in [1.807, 2.05) is 21.1 Å². The van der Waals surface area contributed by atoms with E-state index < -0.39 is 26.5 Å². The molecule has 2 unspecified atom stereocenters. The van der Waals surface area contributed by atoms with E-state index in [0.29, 0.717) is 17.4 Å². The minimum Gasteiger partial charge on any atom is -0.756 e. The number of hydrogen-bond acceptors (Lipinski definition) is 8. The normalized spacial score (nSPS) is 13.2. The molecule has 0 heterocycles. The second-order valence-corrected chi connectivity index (χ2v) is 31.6. The molecule has 0 aromatic heterocycles. The summed E-state index contributed by atoms with van der Waals surface area (Å²) in [4.78, 5) is 38.2. The third-order valence-electron chi connectivity index (χ3n) is 19.3. The number of allylic oxidation sites excluding steroid dienone is 8. The summed E-state index contributed by atoms with van der Waals surface area (Å²) in [5.74, 6) is -0.806. The molecule has 0 amide bonds. The Hall–Kier alpha value is -2.03. The predicted octanol–water partition coefficient (Wildman–Crippen LogP) is 27.7. The number of hydrogen-bond donors (Lipinski definition) is 0. The number of phosphoric ester groups is 1. The molecular formula is C86H164NO8P. The van der Waals surface area contributed by atoms with E-state index in [0.717, 1.165) is 44.9 Å². The van der Waals surface area contributed by atoms with Gasteiger partial charge in [0.2, 0.25) is 0 Å². The summed E-state index contributed by atoms with van der Waals surface area (Å²) in [5, 5.41) is 0. The van der Waals surface area contributed by atoms with Gasteiger partial charge in [-0.1, -0.05) is 396 Å². The highest BCUT2D eigenvalue weighted by atomic mass is 31.2. The molecule has 566 valence electrons. The molecule has 0 spiro atoms. The lowest BCUT2D eigenvalue weighted by molar-refractivity contribution is -0.870. The van der Waals surface area contributed by atoms with Crippen LogP contribution in [0.1, 0.15) is 438 Å². The van der Waals surface area contributed by atoms with E-state index in [4.69, 9.17) is 18.5 Å². The van der Waals surface area contributed by atoms with Crippen LogP contribution in [0.2, 0.25) is 0 Å². The van der Waals surface area contributed by atoms with Gasteiger partial charge in [-0.15, -0.1) is 0 Å². The molecule has 0 aromatic carbocycles. The number of esters is 2. The quantitative estimate of drug-likeness (QED) is 0.0195. The molecule has 0 saturated carbocycles. The zero-order valence-electron chi connectivity index (χ0n) is 64.9. The smallest absolute Gasteiger partial charge is 0.306 e. The number of likely N-dealkylation sites (N-methyl/N-ethyl adjacent to an activating group) is 1. The first kappa shape index (κ1) is 94.0. The van der Waals surface area contributed by atoms with Crippen molar-refractivity contribution in [2.45, 2.75) is 444 Å². The molecule has 0 N–H and O–H groups in total. The molecular weight excluding hydrogens is 1210 g/mol. The molecule has 10 heteroatoms. The second-order valence-electron chi connectivity index (χ2n) is 30.2. The van der Waals surface area contributed by atoms with Gasteiger partial charge in [0.25, 0.3) is 7.82 Å². The van der Waals surface area contributed by atoms with Crippen LogP contribution in [0, 0.1) is 0 Å². The summed E-state index contributed by atoms with van der Waals surface area (Å²) in [5.41, 5.74) is 0. The van der Waals surface area contributed by atoms with Crippen LogP contribution >= 0.6 is 7.82 Å². The van der Waals surface area contributed by atoms with Crippen LogP contribution in [0.15, 0.2) is 48.6 Å². The van der Waals surface area contributed by atoms with Gasteiger partial charge in [-0.25, -0.2) is 0 Å². The maximum Gasteiger partial charge on any atom is 0.306 e. The SMILES string of the molecule is CCCCCCC/C=C\C/C=C\C/C=C\CCCCCCCCCCCCCCCCCCCCCCCCCCCCC(=O)OC(COC(=O)CCCCCCCCCCCCCCCCCCCCC/C=C\CCCCCCCCCC)COP(=O)([O-])OCC[N+](C)(C)C. The lowest BCUT2D eigenvalue weighted by atomic mass is 10.0. The molecule has 0 aliphatic carbocycles. The Bertz CT molecular complexity index is 1760. The van der Waals surface area contributed by atoms with Crippen LogP contribution in [0.4, 0.5) is 0 Å². The van der Waals surface area contributed by atoms with Gasteiger partial charge < -0.3 is 27.9 Å². The minimum atomic E-state index is -4.64. The number of ether oxygens (including phenoxy) is 2. The van der Waals surface area contributed by atoms with E-state index in [2.05, 4.69) is 62.5 Å². The van der Waals surface area contributed by atoms with Crippen LogP contribution < -0.4 is 4.89 Å². The zero-order valence-corrected chi connectivity index (χ0v) is 65.7. The molecule has 0 radical (unpaired) electrons. The van der Waals surface area contributed by atoms with Gasteiger partial charge in [0, 0.05) is 12.8 Å². The van der Waals surface area contributed by atoms with Gasteiger partial charge in [0.05, 0.1) is 27.7 Å². The maximum absolute atomic E-state index is 12.9. The number of unbranched alkanes of at least 4 members (excludes halogenated alkanes) is 58. The molecule has 0 saturated heterocycles. The Morgan fingerprint density at radius 1 is 0.323 bits per heavy atom. The van der Waals surface area contributed by atoms with E-state index in [-0.39, 0.29) is 32.0 Å². The highest BCUT2D eigenvalue weighted by Crippen LogP contribution is 2.38. The Morgan fingerprint density at radius 2 is 0.562 bits per heavy atom. The number of quaternary nitrogens is 1. The van der Waals surface area contributed by atoms with Crippen molar-refractivity contribution in [2.24, 2.45) is 0 Å². The molecule has 0 aliphatic rings. The monoisotopic (exact) mass is 1370 g/mol. The van der Waals surface area contributed by atoms with Crippen molar-refractivity contribution >= 4 is 19.8 Å². The van der Waals surface area contributed by atoms with Crippen molar-refractivity contribution in [3.05, 3.63) is 48.6 Å². The first-order valence-corrected chi connectivity index (χ1v) is 43.8. The lowest BCUT2D eigenvalue weighted by Gasteiger charge is -2.28. The van der Waals surface area contributed by atoms with Crippen molar-refractivity contribution in [1.82, 2.24) is 0 Å².